The van der Waals surface area contributed by atoms with Gasteiger partial charge in [0, 0.05) is 0 Å². The molecule has 0 aromatic heterocycles. The van der Waals surface area contributed by atoms with Gasteiger partial charge >= 0.3 is 5.97 Å². The summed E-state index contributed by atoms with van der Waals surface area (Å²) in [5.74, 6) is -0.383. The number of hydrogen-bond acceptors (Lipinski definition) is 6. The standard InChI is InChI=1S/C20H19NO6/c1-3-26-16-9-8-13(12-17(16)25-2)20(24)27-11-10-21-18(22)14-6-4-5-7-15(14)19(21)23/h4-9,12H,3,10-11H2,1-2H3. The topological polar surface area (TPSA) is 82.1 Å². The van der Waals surface area contributed by atoms with Crippen molar-refractivity contribution in [2.75, 3.05) is 26.9 Å². The fraction of sp³-hybridized carbons (Fsp3) is 0.250. The second kappa shape index (κ2) is 7.90. The number of methoxy groups -OCH3 is 1. The minimum Gasteiger partial charge on any atom is -0.493 e. The van der Waals surface area contributed by atoms with Crippen LogP contribution in [0.15, 0.2) is 42.5 Å². The summed E-state index contributed by atoms with van der Waals surface area (Å²) in [5, 5.41) is 0. The monoisotopic (exact) mass is 369 g/mol. The van der Waals surface area contributed by atoms with Crippen LogP contribution in [0.25, 0.3) is 0 Å². The van der Waals surface area contributed by atoms with Gasteiger partial charge in [-0.25, -0.2) is 4.79 Å². The molecule has 0 atom stereocenters. The summed E-state index contributed by atoms with van der Waals surface area (Å²) in [6.07, 6.45) is 0. The molecule has 0 N–H and O–H groups in total. The van der Waals surface area contributed by atoms with Crippen LogP contribution in [0.2, 0.25) is 0 Å². The third kappa shape index (κ3) is 3.62. The molecular formula is C20H19NO6. The van der Waals surface area contributed by atoms with E-state index in [1.54, 1.807) is 36.4 Å². The van der Waals surface area contributed by atoms with Crippen molar-refractivity contribution in [1.82, 2.24) is 4.90 Å². The molecular weight excluding hydrogens is 350 g/mol. The maximum absolute atomic E-state index is 12.3. The second-order valence-corrected chi connectivity index (χ2v) is 5.74. The molecule has 0 unspecified atom stereocenters. The first-order chi connectivity index (χ1) is 13.1. The Morgan fingerprint density at radius 2 is 1.67 bits per heavy atom. The van der Waals surface area contributed by atoms with Crippen molar-refractivity contribution in [3.63, 3.8) is 0 Å². The van der Waals surface area contributed by atoms with Crippen molar-refractivity contribution in [1.29, 1.82) is 0 Å². The number of rotatable bonds is 7. The lowest BCUT2D eigenvalue weighted by molar-refractivity contribution is 0.0420. The van der Waals surface area contributed by atoms with Gasteiger partial charge in [0.1, 0.15) is 6.61 Å². The normalized spacial score (nSPS) is 12.7. The molecule has 0 bridgehead atoms. The Kier molecular flexibility index (Phi) is 5.40. The van der Waals surface area contributed by atoms with Crippen LogP contribution in [0.4, 0.5) is 0 Å². The van der Waals surface area contributed by atoms with Crippen molar-refractivity contribution < 1.29 is 28.6 Å². The van der Waals surface area contributed by atoms with Crippen LogP contribution in [0, 0.1) is 0 Å². The van der Waals surface area contributed by atoms with Gasteiger partial charge < -0.3 is 14.2 Å². The molecule has 2 amide bonds. The van der Waals surface area contributed by atoms with Crippen LogP contribution in [-0.2, 0) is 4.74 Å². The van der Waals surface area contributed by atoms with Crippen LogP contribution >= 0.6 is 0 Å². The van der Waals surface area contributed by atoms with Crippen molar-refractivity contribution >= 4 is 17.8 Å². The van der Waals surface area contributed by atoms with E-state index in [9.17, 15) is 14.4 Å². The molecule has 0 fully saturated rings. The van der Waals surface area contributed by atoms with Crippen LogP contribution in [0.5, 0.6) is 11.5 Å². The summed E-state index contributed by atoms with van der Waals surface area (Å²) < 4.78 is 15.8. The van der Waals surface area contributed by atoms with E-state index >= 15 is 0 Å². The summed E-state index contributed by atoms with van der Waals surface area (Å²) in [6.45, 7) is 2.22. The molecule has 0 radical (unpaired) electrons. The number of imide groups is 1. The fourth-order valence-corrected chi connectivity index (χ4v) is 2.82. The zero-order valence-corrected chi connectivity index (χ0v) is 15.1. The number of ether oxygens (including phenoxy) is 3. The number of hydrogen-bond donors (Lipinski definition) is 0. The summed E-state index contributed by atoms with van der Waals surface area (Å²) >= 11 is 0. The first-order valence-electron chi connectivity index (χ1n) is 8.50. The summed E-state index contributed by atoms with van der Waals surface area (Å²) in [6, 6.07) is 11.3. The first-order valence-corrected chi connectivity index (χ1v) is 8.50. The number of fused-ring (bicyclic) bond motifs is 1. The van der Waals surface area contributed by atoms with Crippen LogP contribution in [0.1, 0.15) is 38.0 Å². The predicted octanol–water partition coefficient (Wildman–Crippen LogP) is 2.55. The quantitative estimate of drug-likeness (QED) is 0.551. The molecule has 1 aliphatic heterocycles. The number of benzene rings is 2. The van der Waals surface area contributed by atoms with Crippen LogP contribution in [0.3, 0.4) is 0 Å². The highest BCUT2D eigenvalue weighted by Gasteiger charge is 2.34. The average Bonchev–Trinajstić information content (AvgIpc) is 2.93. The van der Waals surface area contributed by atoms with E-state index in [1.807, 2.05) is 6.92 Å². The van der Waals surface area contributed by atoms with Gasteiger partial charge in [0.05, 0.1) is 37.0 Å². The van der Waals surface area contributed by atoms with Crippen LogP contribution < -0.4 is 9.47 Å². The molecule has 7 nitrogen and oxygen atoms in total. The van der Waals surface area contributed by atoms with Gasteiger partial charge in [0.2, 0.25) is 0 Å². The summed E-state index contributed by atoms with van der Waals surface area (Å²) in [4.78, 5) is 37.8. The molecule has 7 heteroatoms. The second-order valence-electron chi connectivity index (χ2n) is 5.74. The van der Waals surface area contributed by atoms with Crippen molar-refractivity contribution in [3.05, 3.63) is 59.2 Å². The average molecular weight is 369 g/mol. The molecule has 3 rings (SSSR count). The molecule has 0 aliphatic carbocycles. The van der Waals surface area contributed by atoms with E-state index in [0.717, 1.165) is 4.90 Å². The number of carbonyl (C=O) groups excluding carboxylic acids is 3. The van der Waals surface area contributed by atoms with Crippen molar-refractivity contribution in [2.24, 2.45) is 0 Å². The maximum atomic E-state index is 12.3. The van der Waals surface area contributed by atoms with Gasteiger partial charge in [-0.15, -0.1) is 0 Å². The van der Waals surface area contributed by atoms with Gasteiger partial charge in [-0.05, 0) is 37.3 Å². The molecule has 2 aromatic carbocycles. The lowest BCUT2D eigenvalue weighted by atomic mass is 10.1. The van der Waals surface area contributed by atoms with Gasteiger partial charge in [0.25, 0.3) is 11.8 Å². The highest BCUT2D eigenvalue weighted by molar-refractivity contribution is 6.21. The number of carbonyl (C=O) groups is 3. The molecule has 1 heterocycles. The lowest BCUT2D eigenvalue weighted by Crippen LogP contribution is -2.33. The van der Waals surface area contributed by atoms with E-state index in [2.05, 4.69) is 0 Å². The molecule has 0 saturated heterocycles. The molecule has 0 saturated carbocycles. The maximum Gasteiger partial charge on any atom is 0.338 e. The zero-order valence-electron chi connectivity index (χ0n) is 15.1. The van der Waals surface area contributed by atoms with Gasteiger partial charge in [0.15, 0.2) is 11.5 Å². The Hall–Kier alpha value is -3.35. The lowest BCUT2D eigenvalue weighted by Gasteiger charge is -2.14. The largest absolute Gasteiger partial charge is 0.493 e. The van der Waals surface area contributed by atoms with E-state index in [4.69, 9.17) is 14.2 Å². The first kappa shape index (κ1) is 18.4. The number of nitrogens with zero attached hydrogens (tertiary/aromatic N) is 1. The van der Waals surface area contributed by atoms with Crippen molar-refractivity contribution in [3.8, 4) is 11.5 Å². The predicted molar refractivity (Wildman–Crippen MR) is 96.3 cm³/mol. The minimum absolute atomic E-state index is 0.00769. The third-order valence-corrected chi connectivity index (χ3v) is 4.13. The van der Waals surface area contributed by atoms with E-state index in [0.29, 0.717) is 29.2 Å². The van der Waals surface area contributed by atoms with Crippen LogP contribution in [-0.4, -0.2) is 49.6 Å². The number of amides is 2. The Morgan fingerprint density at radius 1 is 1.00 bits per heavy atom. The van der Waals surface area contributed by atoms with Crippen molar-refractivity contribution in [2.45, 2.75) is 6.92 Å². The Morgan fingerprint density at radius 3 is 2.26 bits per heavy atom. The third-order valence-electron chi connectivity index (χ3n) is 4.13. The Balaban J connectivity index is 1.61. The van der Waals surface area contributed by atoms with E-state index in [-0.39, 0.29) is 30.5 Å². The number of esters is 1. The van der Waals surface area contributed by atoms with Gasteiger partial charge in [-0.2, -0.15) is 0 Å². The smallest absolute Gasteiger partial charge is 0.338 e. The summed E-state index contributed by atoms with van der Waals surface area (Å²) in [5.41, 5.74) is 1.02. The molecule has 2 aromatic rings. The van der Waals surface area contributed by atoms with E-state index in [1.165, 1.54) is 13.2 Å². The fourth-order valence-electron chi connectivity index (χ4n) is 2.82. The Bertz CT molecular complexity index is 857. The van der Waals surface area contributed by atoms with Gasteiger partial charge in [-0.3, -0.25) is 14.5 Å². The SMILES string of the molecule is CCOc1ccc(C(=O)OCCN2C(=O)c3ccccc3C2=O)cc1OC. The van der Waals surface area contributed by atoms with E-state index < -0.39 is 5.97 Å². The highest BCUT2D eigenvalue weighted by atomic mass is 16.5. The molecule has 27 heavy (non-hydrogen) atoms. The molecule has 1 aliphatic rings. The molecule has 140 valence electrons. The summed E-state index contributed by atoms with van der Waals surface area (Å²) in [7, 11) is 1.48. The highest BCUT2D eigenvalue weighted by Crippen LogP contribution is 2.28. The molecule has 0 spiro atoms. The zero-order chi connectivity index (χ0) is 19.4. The Labute approximate surface area is 156 Å². The minimum atomic E-state index is -0.576. The van der Waals surface area contributed by atoms with Gasteiger partial charge in [-0.1, -0.05) is 12.1 Å².